The number of benzene rings is 1. The van der Waals surface area contributed by atoms with Gasteiger partial charge in [-0.15, -0.1) is 0 Å². The highest BCUT2D eigenvalue weighted by molar-refractivity contribution is 5.95. The lowest BCUT2D eigenvalue weighted by Gasteiger charge is -2.06. The Hall–Kier alpha value is -1.51. The highest BCUT2D eigenvalue weighted by atomic mass is 16.1. The molecule has 1 heterocycles. The third kappa shape index (κ3) is 2.22. The molecule has 0 saturated heterocycles. The maximum absolute atomic E-state index is 12.1. The first-order valence-corrected chi connectivity index (χ1v) is 6.95. The molecule has 2 atom stereocenters. The summed E-state index contributed by atoms with van der Waals surface area (Å²) in [5, 5.41) is 6.44. The van der Waals surface area contributed by atoms with Crippen LogP contribution in [0.15, 0.2) is 18.2 Å². The van der Waals surface area contributed by atoms with Crippen molar-refractivity contribution in [2.45, 2.75) is 38.6 Å². The normalized spacial score (nSPS) is 24.3. The lowest BCUT2D eigenvalue weighted by molar-refractivity contribution is 0.0949. The SMILES string of the molecule is CCCC1CC1NC(=O)c1ccc2c(c1)NCC2. The summed E-state index contributed by atoms with van der Waals surface area (Å²) in [5.74, 6) is 0.793. The Morgan fingerprint density at radius 1 is 1.50 bits per heavy atom. The maximum Gasteiger partial charge on any atom is 0.251 e. The molecule has 3 rings (SSSR count). The summed E-state index contributed by atoms with van der Waals surface area (Å²) in [4.78, 5) is 12.1. The van der Waals surface area contributed by atoms with E-state index in [0.717, 1.165) is 30.6 Å². The van der Waals surface area contributed by atoms with E-state index in [1.54, 1.807) is 0 Å². The molecule has 18 heavy (non-hydrogen) atoms. The van der Waals surface area contributed by atoms with Crippen LogP contribution in [0.1, 0.15) is 42.1 Å². The molecule has 1 aromatic carbocycles. The van der Waals surface area contributed by atoms with Gasteiger partial charge in [-0.3, -0.25) is 4.79 Å². The van der Waals surface area contributed by atoms with E-state index in [1.165, 1.54) is 18.4 Å². The number of hydrogen-bond acceptors (Lipinski definition) is 2. The molecule has 2 aliphatic rings. The molecule has 3 nitrogen and oxygen atoms in total. The molecule has 1 amide bonds. The number of fused-ring (bicyclic) bond motifs is 1. The van der Waals surface area contributed by atoms with Crippen LogP contribution in [0, 0.1) is 5.92 Å². The summed E-state index contributed by atoms with van der Waals surface area (Å²) in [6, 6.07) is 6.41. The first kappa shape index (κ1) is 11.6. The van der Waals surface area contributed by atoms with Crippen molar-refractivity contribution in [1.29, 1.82) is 0 Å². The number of hydrogen-bond donors (Lipinski definition) is 2. The van der Waals surface area contributed by atoms with E-state index in [1.807, 2.05) is 12.1 Å². The zero-order valence-electron chi connectivity index (χ0n) is 10.8. The number of nitrogens with one attached hydrogen (secondary N) is 2. The Balaban J connectivity index is 1.63. The van der Waals surface area contributed by atoms with Crippen LogP contribution < -0.4 is 10.6 Å². The van der Waals surface area contributed by atoms with E-state index >= 15 is 0 Å². The van der Waals surface area contributed by atoms with Crippen molar-refractivity contribution < 1.29 is 4.79 Å². The molecule has 3 heteroatoms. The summed E-state index contributed by atoms with van der Waals surface area (Å²) < 4.78 is 0. The topological polar surface area (TPSA) is 41.1 Å². The third-order valence-electron chi connectivity index (χ3n) is 3.98. The van der Waals surface area contributed by atoms with E-state index in [4.69, 9.17) is 0 Å². The smallest absolute Gasteiger partial charge is 0.251 e. The molecular weight excluding hydrogens is 224 g/mol. The van der Waals surface area contributed by atoms with E-state index in [2.05, 4.69) is 23.6 Å². The van der Waals surface area contributed by atoms with Crippen LogP contribution in [0.5, 0.6) is 0 Å². The molecule has 0 spiro atoms. The fourth-order valence-corrected chi connectivity index (χ4v) is 2.80. The summed E-state index contributed by atoms with van der Waals surface area (Å²) in [5.41, 5.74) is 3.23. The van der Waals surface area contributed by atoms with Crippen molar-refractivity contribution in [2.75, 3.05) is 11.9 Å². The minimum Gasteiger partial charge on any atom is -0.384 e. The number of anilines is 1. The minimum absolute atomic E-state index is 0.0788. The van der Waals surface area contributed by atoms with Gasteiger partial charge < -0.3 is 10.6 Å². The van der Waals surface area contributed by atoms with Gasteiger partial charge in [0.25, 0.3) is 5.91 Å². The Morgan fingerprint density at radius 3 is 3.22 bits per heavy atom. The summed E-state index contributed by atoms with van der Waals surface area (Å²) in [7, 11) is 0. The van der Waals surface area contributed by atoms with Gasteiger partial charge in [-0.25, -0.2) is 0 Å². The monoisotopic (exact) mass is 244 g/mol. The van der Waals surface area contributed by atoms with Crippen LogP contribution in [0.4, 0.5) is 5.69 Å². The molecule has 0 aromatic heterocycles. The molecular formula is C15H20N2O. The molecule has 0 bridgehead atoms. The number of rotatable bonds is 4. The average molecular weight is 244 g/mol. The lowest BCUT2D eigenvalue weighted by atomic mass is 10.1. The molecule has 2 N–H and O–H groups in total. The van der Waals surface area contributed by atoms with Crippen molar-refractivity contribution in [3.8, 4) is 0 Å². The fraction of sp³-hybridized carbons (Fsp3) is 0.533. The summed E-state index contributed by atoms with van der Waals surface area (Å²) in [6.45, 7) is 3.19. The molecule has 2 unspecified atom stereocenters. The van der Waals surface area contributed by atoms with Crippen LogP contribution in [0.2, 0.25) is 0 Å². The van der Waals surface area contributed by atoms with Gasteiger partial charge in [-0.1, -0.05) is 19.4 Å². The molecule has 1 aromatic rings. The van der Waals surface area contributed by atoms with Crippen molar-refractivity contribution >= 4 is 11.6 Å². The summed E-state index contributed by atoms with van der Waals surface area (Å²) >= 11 is 0. The van der Waals surface area contributed by atoms with Gasteiger partial charge in [-0.05, 0) is 42.9 Å². The predicted octanol–water partition coefficient (Wildman–Crippen LogP) is 2.57. The fourth-order valence-electron chi connectivity index (χ4n) is 2.80. The van der Waals surface area contributed by atoms with Crippen LogP contribution in [0.25, 0.3) is 0 Å². The number of amides is 1. The quantitative estimate of drug-likeness (QED) is 0.854. The minimum atomic E-state index is 0.0788. The van der Waals surface area contributed by atoms with Gasteiger partial charge in [0.2, 0.25) is 0 Å². The first-order valence-electron chi connectivity index (χ1n) is 6.95. The molecule has 1 saturated carbocycles. The van der Waals surface area contributed by atoms with Crippen LogP contribution in [0.3, 0.4) is 0 Å². The Morgan fingerprint density at radius 2 is 2.39 bits per heavy atom. The van der Waals surface area contributed by atoms with E-state index < -0.39 is 0 Å². The molecule has 1 aliphatic carbocycles. The highest BCUT2D eigenvalue weighted by Gasteiger charge is 2.37. The van der Waals surface area contributed by atoms with Gasteiger partial charge in [0.1, 0.15) is 0 Å². The van der Waals surface area contributed by atoms with Crippen molar-refractivity contribution in [2.24, 2.45) is 5.92 Å². The second-order valence-electron chi connectivity index (χ2n) is 5.41. The van der Waals surface area contributed by atoms with Gasteiger partial charge in [0.15, 0.2) is 0 Å². The standard InChI is InChI=1S/C15H20N2O/c1-2-3-11-8-14(11)17-15(18)12-5-4-10-6-7-16-13(10)9-12/h4-5,9,11,14,16H,2-3,6-8H2,1H3,(H,17,18). The van der Waals surface area contributed by atoms with Crippen molar-refractivity contribution in [3.05, 3.63) is 29.3 Å². The van der Waals surface area contributed by atoms with Crippen molar-refractivity contribution in [3.63, 3.8) is 0 Å². The van der Waals surface area contributed by atoms with Crippen LogP contribution >= 0.6 is 0 Å². The third-order valence-corrected chi connectivity index (χ3v) is 3.98. The van der Waals surface area contributed by atoms with Gasteiger partial charge in [-0.2, -0.15) is 0 Å². The van der Waals surface area contributed by atoms with E-state index in [0.29, 0.717) is 12.0 Å². The van der Waals surface area contributed by atoms with Gasteiger partial charge in [0, 0.05) is 23.8 Å². The van der Waals surface area contributed by atoms with E-state index in [-0.39, 0.29) is 5.91 Å². The highest BCUT2D eigenvalue weighted by Crippen LogP contribution is 2.34. The average Bonchev–Trinajstić information content (AvgIpc) is 2.92. The Bertz CT molecular complexity index is 470. The molecule has 1 fully saturated rings. The predicted molar refractivity (Wildman–Crippen MR) is 72.9 cm³/mol. The summed E-state index contributed by atoms with van der Waals surface area (Å²) in [6.07, 6.45) is 4.66. The maximum atomic E-state index is 12.1. The molecule has 0 radical (unpaired) electrons. The first-order chi connectivity index (χ1) is 8.78. The number of carbonyl (C=O) groups excluding carboxylic acids is 1. The largest absolute Gasteiger partial charge is 0.384 e. The number of carbonyl (C=O) groups is 1. The second-order valence-corrected chi connectivity index (χ2v) is 5.41. The van der Waals surface area contributed by atoms with Gasteiger partial charge in [0.05, 0.1) is 0 Å². The van der Waals surface area contributed by atoms with Gasteiger partial charge >= 0.3 is 0 Å². The van der Waals surface area contributed by atoms with E-state index in [9.17, 15) is 4.79 Å². The molecule has 1 aliphatic heterocycles. The Kier molecular flexibility index (Phi) is 2.98. The second kappa shape index (κ2) is 4.63. The zero-order valence-corrected chi connectivity index (χ0v) is 10.8. The van der Waals surface area contributed by atoms with Crippen molar-refractivity contribution in [1.82, 2.24) is 5.32 Å². The molecule has 96 valence electrons. The Labute approximate surface area is 108 Å². The van der Waals surface area contributed by atoms with Crippen LogP contribution in [-0.4, -0.2) is 18.5 Å². The zero-order chi connectivity index (χ0) is 12.5. The van der Waals surface area contributed by atoms with Crippen LogP contribution in [-0.2, 0) is 6.42 Å². The lowest BCUT2D eigenvalue weighted by Crippen LogP contribution is -2.26.